The number of anilines is 1. The van der Waals surface area contributed by atoms with E-state index in [0.29, 0.717) is 19.6 Å². The first-order valence-corrected chi connectivity index (χ1v) is 8.51. The first-order chi connectivity index (χ1) is 9.86. The highest BCUT2D eigenvalue weighted by atomic mass is 79.9. The van der Waals surface area contributed by atoms with Crippen LogP contribution in [0, 0.1) is 5.82 Å². The van der Waals surface area contributed by atoms with Gasteiger partial charge in [-0.25, -0.2) is 12.8 Å². The fourth-order valence-corrected chi connectivity index (χ4v) is 4.25. The highest BCUT2D eigenvalue weighted by Gasteiger charge is 2.29. The molecule has 116 valence electrons. The second-order valence-electron chi connectivity index (χ2n) is 4.72. The monoisotopic (exact) mass is 378 g/mol. The lowest BCUT2D eigenvalue weighted by Gasteiger charge is -2.26. The lowest BCUT2D eigenvalue weighted by atomic mass is 10.1. The third kappa shape index (κ3) is 3.45. The Morgan fingerprint density at radius 1 is 1.48 bits per heavy atom. The standard InChI is InChI=1S/C13H16BrFN2O3S/c1-20-8-9-2-4-17(5-3-9)21(18,19)12-7-10(16)6-11(14)13(12)15/h2,6-7H,3-5,8,16H2,1H3. The Labute approximate surface area is 131 Å². The summed E-state index contributed by atoms with van der Waals surface area (Å²) in [5, 5.41) is 0. The Kier molecular flexibility index (Phi) is 5.03. The van der Waals surface area contributed by atoms with Crippen molar-refractivity contribution in [3.05, 3.63) is 34.1 Å². The van der Waals surface area contributed by atoms with Crippen molar-refractivity contribution in [2.24, 2.45) is 0 Å². The molecule has 0 saturated heterocycles. The van der Waals surface area contributed by atoms with Gasteiger partial charge in [0.2, 0.25) is 10.0 Å². The highest BCUT2D eigenvalue weighted by molar-refractivity contribution is 9.10. The summed E-state index contributed by atoms with van der Waals surface area (Å²) in [4.78, 5) is -0.405. The van der Waals surface area contributed by atoms with E-state index in [2.05, 4.69) is 15.9 Å². The van der Waals surface area contributed by atoms with Gasteiger partial charge < -0.3 is 10.5 Å². The van der Waals surface area contributed by atoms with Crippen LogP contribution in [0.4, 0.5) is 10.1 Å². The molecule has 5 nitrogen and oxygen atoms in total. The fraction of sp³-hybridized carbons (Fsp3) is 0.385. The molecule has 2 rings (SSSR count). The number of hydrogen-bond acceptors (Lipinski definition) is 4. The van der Waals surface area contributed by atoms with E-state index in [4.69, 9.17) is 10.5 Å². The van der Waals surface area contributed by atoms with E-state index >= 15 is 0 Å². The van der Waals surface area contributed by atoms with Crippen molar-refractivity contribution in [2.45, 2.75) is 11.3 Å². The number of ether oxygens (including phenoxy) is 1. The lowest BCUT2D eigenvalue weighted by molar-refractivity contribution is 0.219. The first-order valence-electron chi connectivity index (χ1n) is 6.27. The SMILES string of the molecule is COCC1=CCN(S(=O)(=O)c2cc(N)cc(Br)c2F)CC1. The van der Waals surface area contributed by atoms with Gasteiger partial charge in [-0.2, -0.15) is 4.31 Å². The molecular formula is C13H16BrFN2O3S. The predicted octanol–water partition coefficient (Wildman–Crippen LogP) is 2.14. The van der Waals surface area contributed by atoms with E-state index in [1.54, 1.807) is 13.2 Å². The van der Waals surface area contributed by atoms with Crippen LogP contribution in [-0.2, 0) is 14.8 Å². The average molecular weight is 379 g/mol. The van der Waals surface area contributed by atoms with Gasteiger partial charge in [-0.3, -0.25) is 0 Å². The lowest BCUT2D eigenvalue weighted by Crippen LogP contribution is -2.35. The van der Waals surface area contributed by atoms with Gasteiger partial charge in [0.05, 0.1) is 11.1 Å². The van der Waals surface area contributed by atoms with Crippen molar-refractivity contribution in [3.63, 3.8) is 0 Å². The van der Waals surface area contributed by atoms with Crippen LogP contribution in [0.25, 0.3) is 0 Å². The topological polar surface area (TPSA) is 72.6 Å². The largest absolute Gasteiger partial charge is 0.399 e. The zero-order valence-electron chi connectivity index (χ0n) is 11.5. The number of nitrogen functional groups attached to an aromatic ring is 1. The molecule has 1 aliphatic heterocycles. The van der Waals surface area contributed by atoms with Crippen LogP contribution < -0.4 is 5.73 Å². The van der Waals surface area contributed by atoms with Crippen LogP contribution in [0.1, 0.15) is 6.42 Å². The van der Waals surface area contributed by atoms with Gasteiger partial charge in [-0.05, 0) is 40.1 Å². The van der Waals surface area contributed by atoms with Gasteiger partial charge in [-0.1, -0.05) is 6.08 Å². The Morgan fingerprint density at radius 3 is 2.76 bits per heavy atom. The van der Waals surface area contributed by atoms with Crippen molar-refractivity contribution < 1.29 is 17.5 Å². The second kappa shape index (κ2) is 6.43. The average Bonchev–Trinajstić information content (AvgIpc) is 2.43. The molecule has 0 atom stereocenters. The molecule has 0 saturated carbocycles. The van der Waals surface area contributed by atoms with Gasteiger partial charge in [0.1, 0.15) is 4.90 Å². The fourth-order valence-electron chi connectivity index (χ4n) is 2.14. The molecule has 21 heavy (non-hydrogen) atoms. The van der Waals surface area contributed by atoms with Crippen molar-refractivity contribution in [3.8, 4) is 0 Å². The molecule has 0 radical (unpaired) electrons. The molecule has 0 spiro atoms. The van der Waals surface area contributed by atoms with Gasteiger partial charge >= 0.3 is 0 Å². The zero-order valence-corrected chi connectivity index (χ0v) is 13.9. The molecule has 1 aliphatic rings. The summed E-state index contributed by atoms with van der Waals surface area (Å²) in [5.41, 5.74) is 6.84. The Bertz CT molecular complexity index is 676. The molecule has 0 amide bonds. The van der Waals surface area contributed by atoms with E-state index in [1.165, 1.54) is 10.4 Å². The molecule has 2 N–H and O–H groups in total. The summed E-state index contributed by atoms with van der Waals surface area (Å²) in [7, 11) is -2.33. The zero-order chi connectivity index (χ0) is 15.6. The summed E-state index contributed by atoms with van der Waals surface area (Å²) in [5.74, 6) is -0.823. The van der Waals surface area contributed by atoms with Gasteiger partial charge in [-0.15, -0.1) is 0 Å². The predicted molar refractivity (Wildman–Crippen MR) is 81.8 cm³/mol. The van der Waals surface area contributed by atoms with Crippen LogP contribution in [0.2, 0.25) is 0 Å². The number of sulfonamides is 1. The minimum Gasteiger partial charge on any atom is -0.399 e. The second-order valence-corrected chi connectivity index (χ2v) is 7.48. The smallest absolute Gasteiger partial charge is 0.246 e. The Hall–Kier alpha value is -0.960. The molecular weight excluding hydrogens is 363 g/mol. The maximum Gasteiger partial charge on any atom is 0.246 e. The number of methoxy groups -OCH3 is 1. The molecule has 0 unspecified atom stereocenters. The van der Waals surface area contributed by atoms with Crippen molar-refractivity contribution in [1.29, 1.82) is 0 Å². The van der Waals surface area contributed by atoms with Crippen molar-refractivity contribution in [1.82, 2.24) is 4.31 Å². The third-order valence-corrected chi connectivity index (χ3v) is 5.67. The van der Waals surface area contributed by atoms with Crippen LogP contribution in [0.3, 0.4) is 0 Å². The summed E-state index contributed by atoms with van der Waals surface area (Å²) < 4.78 is 45.4. The van der Waals surface area contributed by atoms with E-state index in [0.717, 1.165) is 11.6 Å². The first kappa shape index (κ1) is 16.4. The quantitative estimate of drug-likeness (QED) is 0.643. The molecule has 0 fully saturated rings. The highest BCUT2D eigenvalue weighted by Crippen LogP contribution is 2.29. The van der Waals surface area contributed by atoms with Crippen LogP contribution in [0.5, 0.6) is 0 Å². The van der Waals surface area contributed by atoms with Crippen LogP contribution in [-0.4, -0.2) is 39.5 Å². The third-order valence-electron chi connectivity index (χ3n) is 3.23. The van der Waals surface area contributed by atoms with E-state index in [-0.39, 0.29) is 16.7 Å². The Balaban J connectivity index is 2.32. The number of rotatable bonds is 4. The molecule has 1 heterocycles. The molecule has 8 heteroatoms. The van der Waals surface area contributed by atoms with Crippen molar-refractivity contribution >= 4 is 31.6 Å². The van der Waals surface area contributed by atoms with E-state index in [1.807, 2.05) is 0 Å². The maximum absolute atomic E-state index is 14.1. The number of hydrogen-bond donors (Lipinski definition) is 1. The summed E-state index contributed by atoms with van der Waals surface area (Å²) >= 11 is 2.98. The van der Waals surface area contributed by atoms with E-state index in [9.17, 15) is 12.8 Å². The normalized spacial score (nSPS) is 16.8. The summed E-state index contributed by atoms with van der Waals surface area (Å²) in [6, 6.07) is 2.48. The molecule has 0 bridgehead atoms. The number of benzene rings is 1. The van der Waals surface area contributed by atoms with Crippen molar-refractivity contribution in [2.75, 3.05) is 32.5 Å². The Morgan fingerprint density at radius 2 is 2.19 bits per heavy atom. The molecule has 0 aliphatic carbocycles. The number of nitrogens with zero attached hydrogens (tertiary/aromatic N) is 1. The number of halogens is 2. The van der Waals surface area contributed by atoms with Crippen LogP contribution in [0.15, 0.2) is 33.2 Å². The minimum absolute atomic E-state index is 0.0358. The molecule has 1 aromatic carbocycles. The maximum atomic E-state index is 14.1. The van der Waals surface area contributed by atoms with Gasteiger partial charge in [0, 0.05) is 25.9 Å². The number of nitrogens with two attached hydrogens (primary N) is 1. The molecule has 1 aromatic rings. The summed E-state index contributed by atoms with van der Waals surface area (Å²) in [6.07, 6.45) is 2.36. The van der Waals surface area contributed by atoms with Gasteiger partial charge in [0.15, 0.2) is 5.82 Å². The van der Waals surface area contributed by atoms with Crippen LogP contribution >= 0.6 is 15.9 Å². The molecule has 0 aromatic heterocycles. The minimum atomic E-state index is -3.91. The van der Waals surface area contributed by atoms with E-state index < -0.39 is 20.7 Å². The summed E-state index contributed by atoms with van der Waals surface area (Å²) in [6.45, 7) is 0.975. The van der Waals surface area contributed by atoms with Gasteiger partial charge in [0.25, 0.3) is 0 Å².